The first-order valence-electron chi connectivity index (χ1n) is 7.32. The molecule has 2 atom stereocenters. The van der Waals surface area contributed by atoms with Crippen LogP contribution in [0.25, 0.3) is 0 Å². The van der Waals surface area contributed by atoms with Gasteiger partial charge in [-0.25, -0.2) is 9.59 Å². The van der Waals surface area contributed by atoms with Gasteiger partial charge in [-0.2, -0.15) is 26.3 Å². The summed E-state index contributed by atoms with van der Waals surface area (Å²) in [6.45, 7) is 2.31. The van der Waals surface area contributed by atoms with Crippen molar-refractivity contribution in [3.05, 3.63) is 24.5 Å². The molecular formula is C14H15F6N3O4. The number of hydrogen-bond donors (Lipinski definition) is 3. The van der Waals surface area contributed by atoms with Crippen LogP contribution < -0.4 is 10.2 Å². The number of piperazine rings is 1. The average molecular weight is 403 g/mol. The van der Waals surface area contributed by atoms with Crippen LogP contribution in [0.3, 0.4) is 0 Å². The second-order valence-electron chi connectivity index (χ2n) is 5.46. The van der Waals surface area contributed by atoms with Crippen LogP contribution in [0, 0.1) is 0 Å². The SMILES string of the molecule is O=C(O)C(F)(F)F.O=C(O)C(F)(F)F.c1cc(N2C[C@@H]3C[C@H]2CN3)ccn1. The molecule has 0 amide bonds. The molecule has 1 aromatic rings. The molecule has 0 unspecified atom stereocenters. The molecule has 7 nitrogen and oxygen atoms in total. The quantitative estimate of drug-likeness (QED) is 0.616. The zero-order valence-electron chi connectivity index (χ0n) is 13.5. The minimum Gasteiger partial charge on any atom is -0.475 e. The summed E-state index contributed by atoms with van der Waals surface area (Å²) in [5, 5.41) is 17.7. The Bertz CT molecular complexity index is 614. The monoisotopic (exact) mass is 403 g/mol. The highest BCUT2D eigenvalue weighted by Gasteiger charge is 2.39. The van der Waals surface area contributed by atoms with Crippen LogP contribution in [-0.2, 0) is 9.59 Å². The van der Waals surface area contributed by atoms with E-state index in [1.54, 1.807) is 0 Å². The number of rotatable bonds is 1. The summed E-state index contributed by atoms with van der Waals surface area (Å²) in [4.78, 5) is 24.3. The number of aromatic nitrogens is 1. The number of pyridine rings is 1. The molecule has 3 rings (SSSR count). The molecule has 3 N–H and O–H groups in total. The van der Waals surface area contributed by atoms with E-state index in [9.17, 15) is 26.3 Å². The van der Waals surface area contributed by atoms with E-state index in [-0.39, 0.29) is 0 Å². The standard InChI is InChI=1S/C10H13N3.2C2HF3O2/c1-3-11-4-2-9(1)13-7-8-5-10(13)6-12-8;2*3-2(4,5)1(6)7/h1-4,8,10,12H,5-7H2;2*(H,6,7)/t8-,10-;;/m0../s1. The third-order valence-corrected chi connectivity index (χ3v) is 3.54. The van der Waals surface area contributed by atoms with Gasteiger partial charge in [-0.3, -0.25) is 4.98 Å². The predicted molar refractivity (Wildman–Crippen MR) is 79.2 cm³/mol. The molecule has 0 aromatic carbocycles. The number of nitrogens with zero attached hydrogens (tertiary/aromatic N) is 2. The Hall–Kier alpha value is -2.57. The number of fused-ring (bicyclic) bond motifs is 2. The fourth-order valence-electron chi connectivity index (χ4n) is 2.41. The number of aliphatic carboxylic acids is 2. The highest BCUT2D eigenvalue weighted by atomic mass is 19.4. The van der Waals surface area contributed by atoms with Gasteiger partial charge in [0.2, 0.25) is 0 Å². The van der Waals surface area contributed by atoms with Crippen LogP contribution in [-0.4, -0.2) is 64.7 Å². The molecule has 0 radical (unpaired) electrons. The van der Waals surface area contributed by atoms with Crippen molar-refractivity contribution in [2.75, 3.05) is 18.0 Å². The molecule has 2 bridgehead atoms. The van der Waals surface area contributed by atoms with Gasteiger partial charge in [-0.05, 0) is 18.6 Å². The molecule has 0 aliphatic carbocycles. The fourth-order valence-corrected chi connectivity index (χ4v) is 2.41. The third kappa shape index (κ3) is 7.29. The van der Waals surface area contributed by atoms with E-state index >= 15 is 0 Å². The van der Waals surface area contributed by atoms with Crippen molar-refractivity contribution in [1.29, 1.82) is 0 Å². The molecule has 2 saturated heterocycles. The van der Waals surface area contributed by atoms with Gasteiger partial charge in [-0.1, -0.05) is 0 Å². The lowest BCUT2D eigenvalue weighted by molar-refractivity contribution is -0.193. The summed E-state index contributed by atoms with van der Waals surface area (Å²) < 4.78 is 63.5. The normalized spacial score (nSPS) is 20.9. The van der Waals surface area contributed by atoms with E-state index < -0.39 is 24.3 Å². The minimum absolute atomic E-state index is 0.715. The minimum atomic E-state index is -5.08. The molecule has 2 fully saturated rings. The maximum atomic E-state index is 10.6. The first-order valence-corrected chi connectivity index (χ1v) is 7.32. The van der Waals surface area contributed by atoms with Crippen molar-refractivity contribution in [2.45, 2.75) is 30.9 Å². The van der Waals surface area contributed by atoms with Crippen molar-refractivity contribution in [2.24, 2.45) is 0 Å². The number of alkyl halides is 6. The summed E-state index contributed by atoms with van der Waals surface area (Å²) in [6.07, 6.45) is -5.12. The van der Waals surface area contributed by atoms with E-state index in [1.165, 1.54) is 12.1 Å². The molecule has 0 spiro atoms. The second-order valence-corrected chi connectivity index (χ2v) is 5.46. The molecule has 3 heterocycles. The number of carbonyl (C=O) groups is 2. The molecule has 13 heteroatoms. The van der Waals surface area contributed by atoms with Gasteiger partial charge >= 0.3 is 24.3 Å². The average Bonchev–Trinajstić information content (AvgIpc) is 3.18. The lowest BCUT2D eigenvalue weighted by atomic mass is 10.2. The molecule has 2 aliphatic heterocycles. The number of anilines is 1. The van der Waals surface area contributed by atoms with Gasteiger partial charge in [0.15, 0.2) is 0 Å². The van der Waals surface area contributed by atoms with Crippen LogP contribution in [0.2, 0.25) is 0 Å². The molecular weight excluding hydrogens is 388 g/mol. The largest absolute Gasteiger partial charge is 0.490 e. The number of hydrogen-bond acceptors (Lipinski definition) is 5. The van der Waals surface area contributed by atoms with Crippen molar-refractivity contribution in [1.82, 2.24) is 10.3 Å². The molecule has 1 aromatic heterocycles. The van der Waals surface area contributed by atoms with Crippen molar-refractivity contribution < 1.29 is 46.1 Å². The summed E-state index contributed by atoms with van der Waals surface area (Å²) in [6, 6.07) is 5.63. The van der Waals surface area contributed by atoms with Gasteiger partial charge < -0.3 is 20.4 Å². The van der Waals surface area contributed by atoms with Gasteiger partial charge in [0.05, 0.1) is 0 Å². The van der Waals surface area contributed by atoms with E-state index in [4.69, 9.17) is 19.8 Å². The summed E-state index contributed by atoms with van der Waals surface area (Å²) in [5.41, 5.74) is 1.32. The molecule has 27 heavy (non-hydrogen) atoms. The lowest BCUT2D eigenvalue weighted by Gasteiger charge is -2.29. The number of carboxylic acids is 2. The van der Waals surface area contributed by atoms with Gasteiger partial charge in [-0.15, -0.1) is 0 Å². The first-order chi connectivity index (χ1) is 12.3. The van der Waals surface area contributed by atoms with Crippen molar-refractivity contribution >= 4 is 17.6 Å². The molecule has 0 saturated carbocycles. The number of halogens is 6. The number of carboxylic acid groups (broad SMARTS) is 2. The Balaban J connectivity index is 0.000000226. The van der Waals surface area contributed by atoms with Gasteiger partial charge in [0.25, 0.3) is 0 Å². The third-order valence-electron chi connectivity index (χ3n) is 3.54. The van der Waals surface area contributed by atoms with Crippen LogP contribution in [0.4, 0.5) is 32.0 Å². The Morgan fingerprint density at radius 3 is 1.78 bits per heavy atom. The molecule has 152 valence electrons. The Kier molecular flexibility index (Phi) is 7.39. The van der Waals surface area contributed by atoms with Crippen LogP contribution in [0.15, 0.2) is 24.5 Å². The Morgan fingerprint density at radius 1 is 1.04 bits per heavy atom. The predicted octanol–water partition coefficient (Wildman–Crippen LogP) is 1.90. The summed E-state index contributed by atoms with van der Waals surface area (Å²) in [7, 11) is 0. The van der Waals surface area contributed by atoms with Crippen LogP contribution >= 0.6 is 0 Å². The maximum absolute atomic E-state index is 10.6. The zero-order chi connectivity index (χ0) is 20.8. The maximum Gasteiger partial charge on any atom is 0.490 e. The molecule has 2 aliphatic rings. The highest BCUT2D eigenvalue weighted by molar-refractivity contribution is 5.73. The van der Waals surface area contributed by atoms with Crippen LogP contribution in [0.1, 0.15) is 6.42 Å². The smallest absolute Gasteiger partial charge is 0.475 e. The van der Waals surface area contributed by atoms with Crippen molar-refractivity contribution in [3.63, 3.8) is 0 Å². The van der Waals surface area contributed by atoms with Crippen molar-refractivity contribution in [3.8, 4) is 0 Å². The van der Waals surface area contributed by atoms with Gasteiger partial charge in [0.1, 0.15) is 0 Å². The zero-order valence-corrected chi connectivity index (χ0v) is 13.5. The Morgan fingerprint density at radius 2 is 1.48 bits per heavy atom. The topological polar surface area (TPSA) is 103 Å². The lowest BCUT2D eigenvalue weighted by Crippen LogP contribution is -2.43. The van der Waals surface area contributed by atoms with E-state index in [0.717, 1.165) is 19.1 Å². The second kappa shape index (κ2) is 8.88. The van der Waals surface area contributed by atoms with Gasteiger partial charge in [0, 0.05) is 43.3 Å². The summed E-state index contributed by atoms with van der Waals surface area (Å²) >= 11 is 0. The fraction of sp³-hybridized carbons (Fsp3) is 0.500. The van der Waals surface area contributed by atoms with Crippen LogP contribution in [0.5, 0.6) is 0 Å². The van der Waals surface area contributed by atoms with E-state index in [0.29, 0.717) is 6.04 Å². The Labute approximate surface area is 148 Å². The van der Waals surface area contributed by atoms with E-state index in [2.05, 4.69) is 27.3 Å². The summed E-state index contributed by atoms with van der Waals surface area (Å²) in [5.74, 6) is -5.51. The first kappa shape index (κ1) is 22.5. The number of nitrogens with one attached hydrogen (secondary N) is 1. The highest BCUT2D eigenvalue weighted by Crippen LogP contribution is 2.28. The van der Waals surface area contributed by atoms with E-state index in [1.807, 2.05) is 12.4 Å².